The predicted octanol–water partition coefficient (Wildman–Crippen LogP) is 2.90. The van der Waals surface area contributed by atoms with Gasteiger partial charge < -0.3 is 29.3 Å². The Morgan fingerprint density at radius 2 is 1.52 bits per heavy atom. The molecule has 0 amide bonds. The number of ether oxygens (including phenoxy) is 3. The minimum absolute atomic E-state index is 0. The first kappa shape index (κ1) is 27.8. The van der Waals surface area contributed by atoms with E-state index in [4.69, 9.17) is 14.2 Å². The van der Waals surface area contributed by atoms with Crippen LogP contribution in [0.1, 0.15) is 31.2 Å². The van der Waals surface area contributed by atoms with Crippen molar-refractivity contribution in [2.24, 2.45) is 4.99 Å². The van der Waals surface area contributed by atoms with Gasteiger partial charge >= 0.3 is 0 Å². The van der Waals surface area contributed by atoms with Gasteiger partial charge in [-0.1, -0.05) is 0 Å². The van der Waals surface area contributed by atoms with Crippen LogP contribution in [0.15, 0.2) is 17.1 Å². The van der Waals surface area contributed by atoms with Crippen LogP contribution in [-0.2, 0) is 6.54 Å². The van der Waals surface area contributed by atoms with Gasteiger partial charge in [-0.3, -0.25) is 9.89 Å². The fourth-order valence-electron chi connectivity index (χ4n) is 4.60. The number of benzene rings is 1. The number of nitrogens with one attached hydrogen (secondary N) is 1. The van der Waals surface area contributed by atoms with Gasteiger partial charge in [0, 0.05) is 46.3 Å². The van der Waals surface area contributed by atoms with Crippen molar-refractivity contribution in [2.45, 2.75) is 32.2 Å². The van der Waals surface area contributed by atoms with Crippen LogP contribution in [0.4, 0.5) is 0 Å². The number of hydrogen-bond acceptors (Lipinski definition) is 6. The lowest BCUT2D eigenvalue weighted by molar-refractivity contribution is 0.172. The Hall–Kier alpha value is -1.46. The molecule has 1 aromatic rings. The number of nitrogens with zero attached hydrogens (tertiary/aromatic N) is 4. The molecule has 1 N–H and O–H groups in total. The molecule has 0 unspecified atom stereocenters. The van der Waals surface area contributed by atoms with Crippen molar-refractivity contribution in [1.82, 2.24) is 20.0 Å². The van der Waals surface area contributed by atoms with Crippen LogP contribution in [0.25, 0.3) is 0 Å². The number of methoxy groups -OCH3 is 3. The van der Waals surface area contributed by atoms with E-state index in [-0.39, 0.29) is 24.0 Å². The van der Waals surface area contributed by atoms with E-state index in [0.29, 0.717) is 17.2 Å². The van der Waals surface area contributed by atoms with E-state index >= 15 is 0 Å². The molecule has 8 nitrogen and oxygen atoms in total. The highest BCUT2D eigenvalue weighted by molar-refractivity contribution is 14.0. The second-order valence-corrected chi connectivity index (χ2v) is 8.53. The number of hydrogen-bond donors (Lipinski definition) is 1. The molecule has 2 fully saturated rings. The molecule has 0 bridgehead atoms. The predicted molar refractivity (Wildman–Crippen MR) is 145 cm³/mol. The van der Waals surface area contributed by atoms with Crippen molar-refractivity contribution < 1.29 is 14.2 Å². The minimum Gasteiger partial charge on any atom is -0.493 e. The van der Waals surface area contributed by atoms with E-state index in [1.165, 1.54) is 45.3 Å². The first-order valence-corrected chi connectivity index (χ1v) is 11.9. The summed E-state index contributed by atoms with van der Waals surface area (Å²) >= 11 is 0. The van der Waals surface area contributed by atoms with Gasteiger partial charge in [0.15, 0.2) is 17.5 Å². The zero-order chi connectivity index (χ0) is 22.8. The molecule has 0 saturated carbocycles. The molecule has 33 heavy (non-hydrogen) atoms. The molecule has 0 atom stereocenters. The van der Waals surface area contributed by atoms with Crippen molar-refractivity contribution in [3.63, 3.8) is 0 Å². The van der Waals surface area contributed by atoms with Crippen LogP contribution in [0.2, 0.25) is 0 Å². The summed E-state index contributed by atoms with van der Waals surface area (Å²) in [6, 6.07) is 4.08. The summed E-state index contributed by atoms with van der Waals surface area (Å²) in [7, 11) is 6.83. The van der Waals surface area contributed by atoms with E-state index in [9.17, 15) is 0 Å². The Kier molecular flexibility index (Phi) is 12.4. The SMILES string of the molecule is CN=C(NCCCCN1CCCC1)N1CCN(Cc2cc(OC)c(OC)c(OC)c2)CC1.I. The normalized spacial score (nSPS) is 17.6. The van der Waals surface area contributed by atoms with Crippen LogP contribution >= 0.6 is 24.0 Å². The van der Waals surface area contributed by atoms with Crippen molar-refractivity contribution in [2.75, 3.05) is 80.7 Å². The van der Waals surface area contributed by atoms with Crippen LogP contribution in [0.3, 0.4) is 0 Å². The van der Waals surface area contributed by atoms with Crippen LogP contribution in [0.5, 0.6) is 17.2 Å². The Morgan fingerprint density at radius 1 is 0.879 bits per heavy atom. The van der Waals surface area contributed by atoms with E-state index in [1.54, 1.807) is 21.3 Å². The zero-order valence-electron chi connectivity index (χ0n) is 20.8. The lowest BCUT2D eigenvalue weighted by Crippen LogP contribution is -2.52. The van der Waals surface area contributed by atoms with Gasteiger partial charge in [-0.25, -0.2) is 0 Å². The first-order chi connectivity index (χ1) is 15.7. The number of likely N-dealkylation sites (tertiary alicyclic amines) is 1. The highest BCUT2D eigenvalue weighted by Gasteiger charge is 2.21. The monoisotopic (exact) mass is 575 g/mol. The van der Waals surface area contributed by atoms with Gasteiger partial charge in [0.2, 0.25) is 5.75 Å². The average molecular weight is 576 g/mol. The van der Waals surface area contributed by atoms with Gasteiger partial charge in [-0.05, 0) is 63.0 Å². The summed E-state index contributed by atoms with van der Waals surface area (Å²) in [5.74, 6) is 3.07. The Morgan fingerprint density at radius 3 is 2.06 bits per heavy atom. The number of piperazine rings is 1. The Bertz CT molecular complexity index is 710. The first-order valence-electron chi connectivity index (χ1n) is 11.9. The summed E-state index contributed by atoms with van der Waals surface area (Å²) in [4.78, 5) is 11.9. The highest BCUT2D eigenvalue weighted by Crippen LogP contribution is 2.38. The maximum atomic E-state index is 5.50. The van der Waals surface area contributed by atoms with E-state index < -0.39 is 0 Å². The molecule has 0 radical (unpaired) electrons. The molecule has 2 aliphatic rings. The summed E-state index contributed by atoms with van der Waals surface area (Å²) in [6.07, 6.45) is 5.19. The van der Waals surface area contributed by atoms with Crippen molar-refractivity contribution in [1.29, 1.82) is 0 Å². The molecule has 0 aliphatic carbocycles. The summed E-state index contributed by atoms with van der Waals surface area (Å²) < 4.78 is 16.4. The van der Waals surface area contributed by atoms with Gasteiger partial charge in [-0.2, -0.15) is 0 Å². The molecule has 2 aliphatic heterocycles. The molecule has 0 aromatic heterocycles. The minimum atomic E-state index is 0. The number of guanidine groups is 1. The summed E-state index contributed by atoms with van der Waals surface area (Å²) in [6.45, 7) is 9.58. The molecular weight excluding hydrogens is 533 g/mol. The van der Waals surface area contributed by atoms with Gasteiger partial charge in [0.1, 0.15) is 0 Å². The fraction of sp³-hybridized carbons (Fsp3) is 0.708. The van der Waals surface area contributed by atoms with Gasteiger partial charge in [0.05, 0.1) is 21.3 Å². The third kappa shape index (κ3) is 8.06. The van der Waals surface area contributed by atoms with Gasteiger partial charge in [-0.15, -0.1) is 24.0 Å². The molecule has 3 rings (SSSR count). The van der Waals surface area contributed by atoms with Crippen molar-refractivity contribution in [3.8, 4) is 17.2 Å². The summed E-state index contributed by atoms with van der Waals surface area (Å²) in [5, 5.41) is 3.56. The molecule has 1 aromatic carbocycles. The third-order valence-electron chi connectivity index (χ3n) is 6.40. The van der Waals surface area contributed by atoms with Crippen molar-refractivity contribution >= 4 is 29.9 Å². The lowest BCUT2D eigenvalue weighted by atomic mass is 10.1. The van der Waals surface area contributed by atoms with E-state index in [0.717, 1.165) is 50.8 Å². The molecule has 0 spiro atoms. The van der Waals surface area contributed by atoms with Gasteiger partial charge in [0.25, 0.3) is 0 Å². The Labute approximate surface area is 216 Å². The van der Waals surface area contributed by atoms with Crippen LogP contribution < -0.4 is 19.5 Å². The Balaban J connectivity index is 0.00000385. The standard InChI is InChI=1S/C24H41N5O3.HI/c1-25-24(26-9-5-6-10-27-11-7-8-12-27)29-15-13-28(14-16-29)19-20-17-21(30-2)23(32-4)22(18-20)31-3;/h17-18H,5-16,19H2,1-4H3,(H,25,26);1H. The topological polar surface area (TPSA) is 61.8 Å². The summed E-state index contributed by atoms with van der Waals surface area (Å²) in [5.41, 5.74) is 1.16. The van der Waals surface area contributed by atoms with E-state index in [1.807, 2.05) is 19.2 Å². The third-order valence-corrected chi connectivity index (χ3v) is 6.40. The zero-order valence-corrected chi connectivity index (χ0v) is 23.1. The number of rotatable bonds is 10. The molecular formula is C24H42IN5O3. The smallest absolute Gasteiger partial charge is 0.203 e. The second kappa shape index (κ2) is 14.7. The van der Waals surface area contributed by atoms with Crippen LogP contribution in [-0.4, -0.2) is 101 Å². The quantitative estimate of drug-likeness (QED) is 0.199. The highest BCUT2D eigenvalue weighted by atomic mass is 127. The molecule has 9 heteroatoms. The number of aliphatic imine (C=N–C) groups is 1. The lowest BCUT2D eigenvalue weighted by Gasteiger charge is -2.36. The van der Waals surface area contributed by atoms with E-state index in [2.05, 4.69) is 25.0 Å². The average Bonchev–Trinajstić information content (AvgIpc) is 3.35. The fourth-order valence-corrected chi connectivity index (χ4v) is 4.60. The molecule has 2 saturated heterocycles. The second-order valence-electron chi connectivity index (χ2n) is 8.53. The number of unbranched alkanes of at least 4 members (excludes halogenated alkanes) is 1. The maximum Gasteiger partial charge on any atom is 0.203 e. The maximum absolute atomic E-state index is 5.50. The molecule has 188 valence electrons. The number of halogens is 1. The van der Waals surface area contributed by atoms with Crippen molar-refractivity contribution in [3.05, 3.63) is 17.7 Å². The van der Waals surface area contributed by atoms with Crippen LogP contribution in [0, 0.1) is 0 Å². The largest absolute Gasteiger partial charge is 0.493 e. The molecule has 2 heterocycles.